The van der Waals surface area contributed by atoms with E-state index in [0.29, 0.717) is 11.1 Å². The maximum atomic E-state index is 6.22. The molecule has 0 N–H and O–H groups in total. The molecule has 66 heavy (non-hydrogen) atoms. The maximum Gasteiger partial charge on any atom is 0.0756 e. The van der Waals surface area contributed by atoms with Crippen molar-refractivity contribution in [3.05, 3.63) is 135 Å². The van der Waals surface area contributed by atoms with Gasteiger partial charge in [-0.2, -0.15) is 0 Å². The first kappa shape index (κ1) is 45.6. The largest absolute Gasteiger partial charge is 0.376 e. The molecule has 0 spiro atoms. The highest BCUT2D eigenvalue weighted by Crippen LogP contribution is 2.62. The molecule has 5 aromatic carbocycles. The van der Waals surface area contributed by atoms with Crippen LogP contribution in [-0.2, 0) is 33.4 Å². The molecule has 3 heteroatoms. The minimum absolute atomic E-state index is 0.0834. The van der Waals surface area contributed by atoms with Gasteiger partial charge < -0.3 is 9.30 Å². The fourth-order valence-corrected chi connectivity index (χ4v) is 19.8. The van der Waals surface area contributed by atoms with E-state index in [4.69, 9.17) is 4.74 Å². The summed E-state index contributed by atoms with van der Waals surface area (Å²) in [6.07, 6.45) is 12.5. The van der Waals surface area contributed by atoms with Gasteiger partial charge >= 0.3 is 0 Å². The molecule has 0 bridgehead atoms. The molecule has 10 rings (SSSR count). The van der Waals surface area contributed by atoms with Gasteiger partial charge in [0.15, 0.2) is 0 Å². The number of aromatic nitrogens is 1. The zero-order valence-electron chi connectivity index (χ0n) is 43.2. The van der Waals surface area contributed by atoms with Crippen LogP contribution in [0.5, 0.6) is 0 Å². The zero-order chi connectivity index (χ0) is 46.9. The van der Waals surface area contributed by atoms with Crippen molar-refractivity contribution in [1.29, 1.82) is 0 Å². The van der Waals surface area contributed by atoms with E-state index in [-0.39, 0.29) is 27.3 Å². The van der Waals surface area contributed by atoms with Crippen LogP contribution in [0.25, 0.3) is 50.1 Å². The van der Waals surface area contributed by atoms with Crippen molar-refractivity contribution < 1.29 is 4.74 Å². The summed E-state index contributed by atoms with van der Waals surface area (Å²) < 4.78 is 8.57. The Hall–Kier alpha value is -4.18. The van der Waals surface area contributed by atoms with E-state index in [1.54, 1.807) is 55.6 Å². The van der Waals surface area contributed by atoms with Crippen LogP contribution < -0.4 is 0 Å². The van der Waals surface area contributed by atoms with Crippen LogP contribution in [0.1, 0.15) is 190 Å². The summed E-state index contributed by atoms with van der Waals surface area (Å²) in [5.74, 6) is 0. The van der Waals surface area contributed by atoms with Crippen molar-refractivity contribution in [1.82, 2.24) is 4.57 Å². The number of fused-ring (bicyclic) bond motifs is 9. The van der Waals surface area contributed by atoms with Gasteiger partial charge in [-0.25, -0.2) is 0 Å². The zero-order valence-corrected chi connectivity index (χ0v) is 44.2. The second-order valence-electron chi connectivity index (χ2n) is 25.5. The van der Waals surface area contributed by atoms with E-state index in [9.17, 15) is 0 Å². The smallest absolute Gasteiger partial charge is 0.0756 e. The predicted molar refractivity (Wildman–Crippen MR) is 287 cm³/mol. The molecule has 2 atom stereocenters. The summed E-state index contributed by atoms with van der Waals surface area (Å²) in [4.78, 5) is 0. The number of ether oxygens (including phenoxy) is 1. The van der Waals surface area contributed by atoms with Crippen LogP contribution in [0.4, 0.5) is 0 Å². The van der Waals surface area contributed by atoms with Gasteiger partial charge in [0.05, 0.1) is 13.7 Å². The Kier molecular flexibility index (Phi) is 10.8. The minimum atomic E-state index is -2.36. The monoisotopic (exact) mass is 894 g/mol. The number of aryl methyl sites for hydroxylation is 1. The molecule has 6 aromatic rings. The van der Waals surface area contributed by atoms with Gasteiger partial charge in [-0.15, -0.1) is 0 Å². The Morgan fingerprint density at radius 2 is 1.12 bits per heavy atom. The summed E-state index contributed by atoms with van der Waals surface area (Å²) in [6.45, 7) is 33.0. The van der Waals surface area contributed by atoms with Crippen LogP contribution >= 0.6 is 0 Å². The van der Waals surface area contributed by atoms with Crippen LogP contribution in [0, 0.1) is 0 Å². The fraction of sp³-hybridized carbons (Fsp3) is 0.492. The number of nitrogens with zero attached hydrogens (tertiary/aromatic N) is 1. The molecule has 0 radical (unpaired) electrons. The van der Waals surface area contributed by atoms with Gasteiger partial charge in [0, 0.05) is 46.5 Å². The SMILES string of the molecule is CC1=Cc2c(-c3ccc4c(c3)c3ccccc3n4C)cccc2C1[Si](C)(CCCCCCOC(C)(C)C)C1c2cc3c(cc2-c2cc4c(cc21)C(C)(C)CCC4(C)C)C(C)(C)CCC3(C)C. The Labute approximate surface area is 399 Å². The van der Waals surface area contributed by atoms with Gasteiger partial charge in [0.2, 0.25) is 0 Å². The molecule has 4 aliphatic rings. The lowest BCUT2D eigenvalue weighted by atomic mass is 9.62. The molecule has 0 saturated heterocycles. The van der Waals surface area contributed by atoms with E-state index in [1.165, 1.54) is 89.5 Å². The molecule has 0 fully saturated rings. The van der Waals surface area contributed by atoms with Crippen LogP contribution in [-0.4, -0.2) is 24.8 Å². The molecule has 0 amide bonds. The van der Waals surface area contributed by atoms with Crippen molar-refractivity contribution in [2.75, 3.05) is 6.61 Å². The third kappa shape index (κ3) is 7.35. The summed E-state index contributed by atoms with van der Waals surface area (Å²) in [5, 5.41) is 2.67. The lowest BCUT2D eigenvalue weighted by Crippen LogP contribution is -2.45. The summed E-state index contributed by atoms with van der Waals surface area (Å²) in [7, 11) is -0.147. The lowest BCUT2D eigenvalue weighted by molar-refractivity contribution is -0.00471. The average molecular weight is 894 g/mol. The molecule has 4 aliphatic carbocycles. The second kappa shape index (κ2) is 15.7. The van der Waals surface area contributed by atoms with Crippen LogP contribution in [0.15, 0.2) is 90.5 Å². The molecular weight excluding hydrogens is 815 g/mol. The van der Waals surface area contributed by atoms with Crippen molar-refractivity contribution in [2.24, 2.45) is 7.05 Å². The summed E-state index contributed by atoms with van der Waals surface area (Å²) >= 11 is 0. The third-order valence-electron chi connectivity index (χ3n) is 17.9. The van der Waals surface area contributed by atoms with Gasteiger partial charge in [-0.1, -0.05) is 166 Å². The standard InChI is InChI=1S/C63H79NOSi/c1-40-34-45-42(41-26-27-56-48(35-41)43-22-17-18-25-55(43)64(56)13)23-21-24-44(45)57(40)66(14,33-20-16-15-19-32-65-59(2,3)4)58-49-38-53-51(60(5,6)28-30-62(53,9)10)36-46(49)47-37-52-54(39-50(47)58)63(11,12)31-29-61(52,7)8/h17-18,21-27,34-39,57-58H,15-16,19-20,28-33H2,1-14H3. The van der Waals surface area contributed by atoms with Crippen molar-refractivity contribution in [3.63, 3.8) is 0 Å². The van der Waals surface area contributed by atoms with Crippen LogP contribution in [0.3, 0.4) is 0 Å². The summed E-state index contributed by atoms with van der Waals surface area (Å²) in [5.41, 5.74) is 24.0. The predicted octanol–water partition coefficient (Wildman–Crippen LogP) is 17.5. The van der Waals surface area contributed by atoms with Gasteiger partial charge in [0.25, 0.3) is 0 Å². The van der Waals surface area contributed by atoms with Crippen molar-refractivity contribution in [2.45, 2.75) is 185 Å². The number of para-hydroxylation sites is 1. The Bertz CT molecular complexity index is 2860. The molecule has 1 aromatic heterocycles. The number of allylic oxidation sites excluding steroid dienone is 1. The van der Waals surface area contributed by atoms with Crippen molar-refractivity contribution >= 4 is 36.0 Å². The van der Waals surface area contributed by atoms with Gasteiger partial charge in [-0.3, -0.25) is 0 Å². The molecule has 0 saturated carbocycles. The lowest BCUT2D eigenvalue weighted by Gasteiger charge is -2.45. The molecule has 346 valence electrons. The first-order valence-corrected chi connectivity index (χ1v) is 28.7. The van der Waals surface area contributed by atoms with Gasteiger partial charge in [-0.05, 0) is 166 Å². The number of hydrogen-bond acceptors (Lipinski definition) is 1. The Balaban J connectivity index is 1.16. The Morgan fingerprint density at radius 3 is 1.71 bits per heavy atom. The molecule has 0 aliphatic heterocycles. The Morgan fingerprint density at radius 1 is 0.576 bits per heavy atom. The second-order valence-corrected chi connectivity index (χ2v) is 30.2. The molecule has 2 nitrogen and oxygen atoms in total. The first-order chi connectivity index (χ1) is 31.0. The highest BCUT2D eigenvalue weighted by molar-refractivity contribution is 6.83. The van der Waals surface area contributed by atoms with Gasteiger partial charge in [0.1, 0.15) is 0 Å². The van der Waals surface area contributed by atoms with Crippen molar-refractivity contribution in [3.8, 4) is 22.3 Å². The molecule has 2 unspecified atom stereocenters. The molecule has 1 heterocycles. The first-order valence-electron chi connectivity index (χ1n) is 25.8. The number of rotatable bonds is 10. The normalized spacial score (nSPS) is 20.9. The topological polar surface area (TPSA) is 14.2 Å². The maximum absolute atomic E-state index is 6.22. The van der Waals surface area contributed by atoms with Crippen LogP contribution in [0.2, 0.25) is 12.6 Å². The summed E-state index contributed by atoms with van der Waals surface area (Å²) in [6, 6.07) is 35.9. The minimum Gasteiger partial charge on any atom is -0.376 e. The number of hydrogen-bond donors (Lipinski definition) is 0. The van der Waals surface area contributed by atoms with E-state index in [0.717, 1.165) is 13.0 Å². The average Bonchev–Trinajstić information content (AvgIpc) is 3.88. The van der Waals surface area contributed by atoms with E-state index >= 15 is 0 Å². The quantitative estimate of drug-likeness (QED) is 0.0987. The molecular formula is C63H79NOSi. The third-order valence-corrected chi connectivity index (χ3v) is 23.4. The van der Waals surface area contributed by atoms with E-state index in [2.05, 4.69) is 192 Å². The number of unbranched alkanes of at least 4 members (excludes halogenated alkanes) is 3. The fourth-order valence-electron chi connectivity index (χ4n) is 13.9. The number of benzene rings is 5. The highest BCUT2D eigenvalue weighted by Gasteiger charge is 2.53. The van der Waals surface area contributed by atoms with E-state index in [1.807, 2.05) is 0 Å². The highest BCUT2D eigenvalue weighted by atomic mass is 28.3. The van der Waals surface area contributed by atoms with E-state index < -0.39 is 8.07 Å².